The Hall–Kier alpha value is -1.12. The lowest BCUT2D eigenvalue weighted by atomic mass is 10.0. The lowest BCUT2D eigenvalue weighted by Crippen LogP contribution is -2.43. The highest BCUT2D eigenvalue weighted by Crippen LogP contribution is 2.16. The van der Waals surface area contributed by atoms with Gasteiger partial charge in [-0.05, 0) is 30.9 Å². The summed E-state index contributed by atoms with van der Waals surface area (Å²) in [7, 11) is 0. The van der Waals surface area contributed by atoms with E-state index in [1.165, 1.54) is 12.5 Å². The fraction of sp³-hybridized carbons (Fsp3) is 0.533. The van der Waals surface area contributed by atoms with E-state index in [0.29, 0.717) is 18.4 Å². The Kier molecular flexibility index (Phi) is 7.84. The van der Waals surface area contributed by atoms with Gasteiger partial charge in [-0.1, -0.05) is 6.92 Å². The summed E-state index contributed by atoms with van der Waals surface area (Å²) in [5.41, 5.74) is 5.94. The number of nitrogens with two attached hydrogens (primary N) is 1. The van der Waals surface area contributed by atoms with Gasteiger partial charge in [-0.25, -0.2) is 13.8 Å². The van der Waals surface area contributed by atoms with Gasteiger partial charge in [-0.2, -0.15) is 0 Å². The maximum atomic E-state index is 13.0. The summed E-state index contributed by atoms with van der Waals surface area (Å²) in [6.07, 6.45) is 2.35. The van der Waals surface area contributed by atoms with Gasteiger partial charge < -0.3 is 15.4 Å². The van der Waals surface area contributed by atoms with Gasteiger partial charge in [-0.3, -0.25) is 0 Å². The zero-order valence-corrected chi connectivity index (χ0v) is 14.9. The van der Waals surface area contributed by atoms with Crippen LogP contribution in [-0.4, -0.2) is 37.1 Å². The number of halogens is 3. The number of rotatable bonds is 4. The monoisotopic (exact) mass is 425 g/mol. The van der Waals surface area contributed by atoms with E-state index < -0.39 is 11.6 Å². The molecule has 2 N–H and O–H groups in total. The van der Waals surface area contributed by atoms with Gasteiger partial charge in [0.2, 0.25) is 0 Å². The molecule has 0 radical (unpaired) electrons. The standard InChI is InChI=1S/C15H21F2N3O.HI/c1-11-3-2-7-20(10-11)15(18)19-6-8-21-12-4-5-13(16)14(17)9-12;/h4-5,9,11H,2-3,6-8,10H2,1H3,(H2,18,19);1H. The predicted molar refractivity (Wildman–Crippen MR) is 93.7 cm³/mol. The smallest absolute Gasteiger partial charge is 0.191 e. The lowest BCUT2D eigenvalue weighted by molar-refractivity contribution is 0.269. The van der Waals surface area contributed by atoms with Crippen LogP contribution in [0.2, 0.25) is 0 Å². The fourth-order valence-corrected chi connectivity index (χ4v) is 2.39. The Morgan fingerprint density at radius 2 is 2.18 bits per heavy atom. The number of guanidine groups is 1. The molecular formula is C15H22F2IN3O. The molecule has 0 spiro atoms. The molecular weight excluding hydrogens is 403 g/mol. The van der Waals surface area contributed by atoms with Crippen molar-refractivity contribution in [1.82, 2.24) is 4.90 Å². The molecule has 0 saturated carbocycles. The average molecular weight is 425 g/mol. The third-order valence-corrected chi connectivity index (χ3v) is 3.51. The van der Waals surface area contributed by atoms with Crippen molar-refractivity contribution >= 4 is 29.9 Å². The Bertz CT molecular complexity index is 514. The van der Waals surface area contributed by atoms with Crippen LogP contribution < -0.4 is 10.5 Å². The second kappa shape index (κ2) is 9.12. The molecule has 1 aromatic carbocycles. The van der Waals surface area contributed by atoms with Crippen LogP contribution in [0.25, 0.3) is 0 Å². The first kappa shape index (κ1) is 18.9. The van der Waals surface area contributed by atoms with E-state index in [2.05, 4.69) is 16.8 Å². The topological polar surface area (TPSA) is 50.8 Å². The van der Waals surface area contributed by atoms with Crippen LogP contribution in [0.5, 0.6) is 5.75 Å². The Labute approximate surface area is 146 Å². The van der Waals surface area contributed by atoms with E-state index in [0.717, 1.165) is 31.6 Å². The number of ether oxygens (including phenoxy) is 1. The number of hydrogen-bond donors (Lipinski definition) is 1. The largest absolute Gasteiger partial charge is 0.492 e. The molecule has 1 fully saturated rings. The highest BCUT2D eigenvalue weighted by atomic mass is 127. The van der Waals surface area contributed by atoms with E-state index in [1.807, 2.05) is 0 Å². The molecule has 0 bridgehead atoms. The molecule has 4 nitrogen and oxygen atoms in total. The SMILES string of the molecule is CC1CCCN(C(N)=NCCOc2ccc(F)c(F)c2)C1.I. The van der Waals surface area contributed by atoms with E-state index >= 15 is 0 Å². The third kappa shape index (κ3) is 5.58. The van der Waals surface area contributed by atoms with Crippen molar-refractivity contribution in [1.29, 1.82) is 0 Å². The molecule has 1 unspecified atom stereocenters. The number of hydrogen-bond acceptors (Lipinski definition) is 2. The molecule has 1 atom stereocenters. The van der Waals surface area contributed by atoms with Crippen LogP contribution in [0, 0.1) is 17.6 Å². The van der Waals surface area contributed by atoms with Crippen molar-refractivity contribution in [3.05, 3.63) is 29.8 Å². The first-order chi connectivity index (χ1) is 10.1. The predicted octanol–water partition coefficient (Wildman–Crippen LogP) is 3.01. The van der Waals surface area contributed by atoms with E-state index in [4.69, 9.17) is 10.5 Å². The van der Waals surface area contributed by atoms with Crippen LogP contribution in [0.3, 0.4) is 0 Å². The molecule has 1 saturated heterocycles. The molecule has 124 valence electrons. The van der Waals surface area contributed by atoms with Crippen molar-refractivity contribution in [3.63, 3.8) is 0 Å². The summed E-state index contributed by atoms with van der Waals surface area (Å²) in [6, 6.07) is 3.45. The molecule has 1 aromatic rings. The Morgan fingerprint density at radius 1 is 1.41 bits per heavy atom. The lowest BCUT2D eigenvalue weighted by Gasteiger charge is -2.31. The first-order valence-electron chi connectivity index (χ1n) is 7.19. The highest BCUT2D eigenvalue weighted by molar-refractivity contribution is 14.0. The van der Waals surface area contributed by atoms with Gasteiger partial charge in [0.25, 0.3) is 0 Å². The third-order valence-electron chi connectivity index (χ3n) is 3.51. The van der Waals surface area contributed by atoms with E-state index in [9.17, 15) is 8.78 Å². The van der Waals surface area contributed by atoms with Crippen LogP contribution in [0.15, 0.2) is 23.2 Å². The normalized spacial score (nSPS) is 18.8. The highest BCUT2D eigenvalue weighted by Gasteiger charge is 2.17. The van der Waals surface area contributed by atoms with Gasteiger partial charge >= 0.3 is 0 Å². The molecule has 22 heavy (non-hydrogen) atoms. The van der Waals surface area contributed by atoms with Crippen molar-refractivity contribution in [3.8, 4) is 5.75 Å². The molecule has 0 aliphatic carbocycles. The molecule has 0 aromatic heterocycles. The number of aliphatic imine (C=N–C) groups is 1. The van der Waals surface area contributed by atoms with Gasteiger partial charge in [0.1, 0.15) is 12.4 Å². The summed E-state index contributed by atoms with van der Waals surface area (Å²) in [5.74, 6) is -0.364. The minimum Gasteiger partial charge on any atom is -0.492 e. The molecule has 1 aliphatic rings. The molecule has 2 rings (SSSR count). The second-order valence-corrected chi connectivity index (χ2v) is 5.36. The average Bonchev–Trinajstić information content (AvgIpc) is 2.47. The summed E-state index contributed by atoms with van der Waals surface area (Å²) in [6.45, 7) is 4.72. The van der Waals surface area contributed by atoms with Crippen molar-refractivity contribution in [2.45, 2.75) is 19.8 Å². The summed E-state index contributed by atoms with van der Waals surface area (Å²) >= 11 is 0. The molecule has 1 heterocycles. The fourth-order valence-electron chi connectivity index (χ4n) is 2.39. The molecule has 0 amide bonds. The quantitative estimate of drug-likeness (QED) is 0.349. The van der Waals surface area contributed by atoms with Crippen molar-refractivity contribution < 1.29 is 13.5 Å². The number of benzene rings is 1. The minimum absolute atomic E-state index is 0. The summed E-state index contributed by atoms with van der Waals surface area (Å²) in [5, 5.41) is 0. The zero-order valence-electron chi connectivity index (χ0n) is 12.6. The maximum absolute atomic E-state index is 13.0. The zero-order chi connectivity index (χ0) is 15.2. The van der Waals surface area contributed by atoms with E-state index in [-0.39, 0.29) is 36.3 Å². The number of likely N-dealkylation sites (tertiary alicyclic amines) is 1. The van der Waals surface area contributed by atoms with Gasteiger partial charge in [0.15, 0.2) is 17.6 Å². The Morgan fingerprint density at radius 3 is 2.86 bits per heavy atom. The summed E-state index contributed by atoms with van der Waals surface area (Å²) in [4.78, 5) is 6.34. The van der Waals surface area contributed by atoms with Crippen LogP contribution in [0.4, 0.5) is 8.78 Å². The van der Waals surface area contributed by atoms with Crippen molar-refractivity contribution in [2.75, 3.05) is 26.2 Å². The van der Waals surface area contributed by atoms with Crippen LogP contribution in [0.1, 0.15) is 19.8 Å². The minimum atomic E-state index is -0.919. The number of nitrogens with zero attached hydrogens (tertiary/aromatic N) is 2. The first-order valence-corrected chi connectivity index (χ1v) is 7.19. The number of piperidine rings is 1. The Balaban J connectivity index is 0.00000242. The van der Waals surface area contributed by atoms with Gasteiger partial charge in [0, 0.05) is 19.2 Å². The van der Waals surface area contributed by atoms with Crippen LogP contribution in [-0.2, 0) is 0 Å². The van der Waals surface area contributed by atoms with Crippen LogP contribution >= 0.6 is 24.0 Å². The molecule has 1 aliphatic heterocycles. The van der Waals surface area contributed by atoms with Gasteiger partial charge in [0.05, 0.1) is 6.54 Å². The molecule has 7 heteroatoms. The summed E-state index contributed by atoms with van der Waals surface area (Å²) < 4.78 is 31.1. The maximum Gasteiger partial charge on any atom is 0.191 e. The second-order valence-electron chi connectivity index (χ2n) is 5.36. The van der Waals surface area contributed by atoms with Crippen molar-refractivity contribution in [2.24, 2.45) is 16.6 Å². The van der Waals surface area contributed by atoms with E-state index in [1.54, 1.807) is 0 Å². The van der Waals surface area contributed by atoms with Gasteiger partial charge in [-0.15, -0.1) is 24.0 Å².